The van der Waals surface area contributed by atoms with Crippen molar-refractivity contribution in [2.45, 2.75) is 45.6 Å². The van der Waals surface area contributed by atoms with Crippen molar-refractivity contribution in [3.63, 3.8) is 0 Å². The Kier molecular flexibility index (Phi) is 3.56. The Morgan fingerprint density at radius 1 is 1.35 bits per heavy atom. The highest BCUT2D eigenvalue weighted by molar-refractivity contribution is 6.01. The first kappa shape index (κ1) is 14.5. The summed E-state index contributed by atoms with van der Waals surface area (Å²) in [6.45, 7) is 6.83. The van der Waals surface area contributed by atoms with Crippen molar-refractivity contribution >= 4 is 11.9 Å². The van der Waals surface area contributed by atoms with Crippen LogP contribution in [0.5, 0.6) is 0 Å². The second-order valence-corrected chi connectivity index (χ2v) is 5.88. The lowest BCUT2D eigenvalue weighted by molar-refractivity contribution is -0.162. The summed E-state index contributed by atoms with van der Waals surface area (Å²) in [6.07, 6.45) is -1.11. The Morgan fingerprint density at radius 3 is 2.50 bits per heavy atom. The smallest absolute Gasteiger partial charge is 0.329 e. The van der Waals surface area contributed by atoms with E-state index in [1.165, 1.54) is 0 Å². The summed E-state index contributed by atoms with van der Waals surface area (Å²) >= 11 is 0. The van der Waals surface area contributed by atoms with E-state index in [1.807, 2.05) is 0 Å². The number of benzene rings is 1. The molecular formula is C15H19NO4. The molecule has 0 aromatic heterocycles. The van der Waals surface area contributed by atoms with E-state index in [0.29, 0.717) is 11.1 Å². The molecule has 1 heterocycles. The van der Waals surface area contributed by atoms with Gasteiger partial charge in [-0.25, -0.2) is 4.79 Å². The van der Waals surface area contributed by atoms with Crippen molar-refractivity contribution in [2.24, 2.45) is 0 Å². The monoisotopic (exact) mass is 277 g/mol. The third-order valence-electron chi connectivity index (χ3n) is 3.13. The molecule has 1 aliphatic rings. The molecule has 0 saturated heterocycles. The lowest BCUT2D eigenvalue weighted by Crippen LogP contribution is -2.44. The molecule has 0 fully saturated rings. The Labute approximate surface area is 118 Å². The average molecular weight is 277 g/mol. The summed E-state index contributed by atoms with van der Waals surface area (Å²) in [6, 6.07) is 5.95. The Bertz CT molecular complexity index is 547. The molecule has 0 radical (unpaired) electrons. The summed E-state index contributed by atoms with van der Waals surface area (Å²) in [5.41, 5.74) is 0.314. The van der Waals surface area contributed by atoms with Gasteiger partial charge >= 0.3 is 5.97 Å². The highest BCUT2D eigenvalue weighted by Gasteiger charge is 2.41. The molecular weight excluding hydrogens is 258 g/mol. The molecule has 0 spiro atoms. The number of ether oxygens (including phenoxy) is 1. The summed E-state index contributed by atoms with van der Waals surface area (Å²) in [7, 11) is 0. The van der Waals surface area contributed by atoms with Gasteiger partial charge in [-0.15, -0.1) is 0 Å². The second kappa shape index (κ2) is 4.90. The summed E-state index contributed by atoms with van der Waals surface area (Å²) in [5.74, 6) is -0.885. The number of carbonyl (C=O) groups is 2. The van der Waals surface area contributed by atoms with E-state index in [4.69, 9.17) is 4.74 Å². The number of aliphatic hydroxyl groups is 1. The second-order valence-electron chi connectivity index (χ2n) is 5.88. The maximum Gasteiger partial charge on any atom is 0.329 e. The van der Waals surface area contributed by atoms with Crippen LogP contribution in [0, 0.1) is 0 Å². The van der Waals surface area contributed by atoms with E-state index in [1.54, 1.807) is 52.0 Å². The maximum atomic E-state index is 12.3. The molecule has 0 bridgehead atoms. The normalized spacial score (nSPS) is 19.8. The van der Waals surface area contributed by atoms with Crippen LogP contribution in [-0.4, -0.2) is 33.5 Å². The number of rotatable bonds is 2. The quantitative estimate of drug-likeness (QED) is 0.838. The van der Waals surface area contributed by atoms with Crippen LogP contribution in [0.4, 0.5) is 0 Å². The van der Waals surface area contributed by atoms with Crippen molar-refractivity contribution < 1.29 is 19.4 Å². The third kappa shape index (κ3) is 2.54. The molecule has 1 N–H and O–H groups in total. The minimum Gasteiger partial charge on any atom is -0.458 e. The van der Waals surface area contributed by atoms with Gasteiger partial charge in [-0.05, 0) is 33.8 Å². The predicted molar refractivity (Wildman–Crippen MR) is 72.9 cm³/mol. The zero-order chi connectivity index (χ0) is 15.1. The highest BCUT2D eigenvalue weighted by atomic mass is 16.6. The van der Waals surface area contributed by atoms with E-state index in [0.717, 1.165) is 4.90 Å². The van der Waals surface area contributed by atoms with Crippen LogP contribution < -0.4 is 0 Å². The molecule has 5 heteroatoms. The molecule has 1 unspecified atom stereocenters. The van der Waals surface area contributed by atoms with E-state index < -0.39 is 23.8 Å². The first-order valence-electron chi connectivity index (χ1n) is 6.55. The van der Waals surface area contributed by atoms with Gasteiger partial charge in [0.1, 0.15) is 11.6 Å². The summed E-state index contributed by atoms with van der Waals surface area (Å²) < 4.78 is 5.26. The van der Waals surface area contributed by atoms with E-state index >= 15 is 0 Å². The molecule has 0 aliphatic carbocycles. The van der Waals surface area contributed by atoms with Gasteiger partial charge in [0.25, 0.3) is 5.91 Å². The maximum absolute atomic E-state index is 12.3. The van der Waals surface area contributed by atoms with Crippen LogP contribution >= 0.6 is 0 Å². The van der Waals surface area contributed by atoms with Crippen LogP contribution in [0.3, 0.4) is 0 Å². The summed E-state index contributed by atoms with van der Waals surface area (Å²) in [5, 5.41) is 10.2. The fourth-order valence-electron chi connectivity index (χ4n) is 2.21. The lowest BCUT2D eigenvalue weighted by Gasteiger charge is -2.29. The molecule has 20 heavy (non-hydrogen) atoms. The van der Waals surface area contributed by atoms with Crippen molar-refractivity contribution in [1.82, 2.24) is 4.90 Å². The molecule has 2 rings (SSSR count). The number of esters is 1. The molecule has 1 amide bonds. The van der Waals surface area contributed by atoms with Crippen molar-refractivity contribution in [1.29, 1.82) is 0 Å². The van der Waals surface area contributed by atoms with Crippen LogP contribution in [-0.2, 0) is 9.53 Å². The number of hydrogen-bond donors (Lipinski definition) is 1. The molecule has 1 aromatic carbocycles. The average Bonchev–Trinajstić information content (AvgIpc) is 2.60. The number of carbonyl (C=O) groups excluding carboxylic acids is 2. The van der Waals surface area contributed by atoms with Crippen LogP contribution in [0.15, 0.2) is 24.3 Å². The van der Waals surface area contributed by atoms with Gasteiger partial charge in [0, 0.05) is 11.1 Å². The Balaban J connectivity index is 2.23. The summed E-state index contributed by atoms with van der Waals surface area (Å²) in [4.78, 5) is 25.5. The fourth-order valence-corrected chi connectivity index (χ4v) is 2.21. The fraction of sp³-hybridized carbons (Fsp3) is 0.467. The highest BCUT2D eigenvalue weighted by Crippen LogP contribution is 2.33. The SMILES string of the molecule is C[C@@H](C(=O)OC(C)(C)C)N1C(=O)c2ccccc2C1O. The molecule has 1 aromatic rings. The number of amides is 1. The van der Waals surface area contributed by atoms with Gasteiger partial charge < -0.3 is 9.84 Å². The lowest BCUT2D eigenvalue weighted by atomic mass is 10.1. The van der Waals surface area contributed by atoms with Gasteiger partial charge in [0.15, 0.2) is 6.23 Å². The van der Waals surface area contributed by atoms with Gasteiger partial charge in [-0.3, -0.25) is 9.69 Å². The van der Waals surface area contributed by atoms with Crippen molar-refractivity contribution in [3.05, 3.63) is 35.4 Å². The third-order valence-corrected chi connectivity index (χ3v) is 3.13. The number of hydrogen-bond acceptors (Lipinski definition) is 4. The van der Waals surface area contributed by atoms with Crippen LogP contribution in [0.2, 0.25) is 0 Å². The number of aliphatic hydroxyl groups excluding tert-OH is 1. The number of nitrogens with zero attached hydrogens (tertiary/aromatic N) is 1. The van der Waals surface area contributed by atoms with E-state index in [-0.39, 0.29) is 5.91 Å². The zero-order valence-corrected chi connectivity index (χ0v) is 12.1. The van der Waals surface area contributed by atoms with Crippen LogP contribution in [0.25, 0.3) is 0 Å². The molecule has 108 valence electrons. The topological polar surface area (TPSA) is 66.8 Å². The van der Waals surface area contributed by atoms with E-state index in [2.05, 4.69) is 0 Å². The minimum atomic E-state index is -1.11. The molecule has 0 saturated carbocycles. The van der Waals surface area contributed by atoms with Gasteiger partial charge in [0.2, 0.25) is 0 Å². The van der Waals surface area contributed by atoms with Crippen molar-refractivity contribution in [2.75, 3.05) is 0 Å². The largest absolute Gasteiger partial charge is 0.458 e. The first-order chi connectivity index (χ1) is 9.22. The Morgan fingerprint density at radius 2 is 1.95 bits per heavy atom. The predicted octanol–water partition coefficient (Wildman–Crippen LogP) is 1.86. The van der Waals surface area contributed by atoms with Crippen LogP contribution in [0.1, 0.15) is 49.8 Å². The zero-order valence-electron chi connectivity index (χ0n) is 12.1. The van der Waals surface area contributed by atoms with Gasteiger partial charge in [0.05, 0.1) is 0 Å². The standard InChI is InChI=1S/C15H19NO4/c1-9(14(19)20-15(2,3)4)16-12(17)10-7-5-6-8-11(10)13(16)18/h5-9,12,17H,1-4H3/t9-,12?/m0/s1. The minimum absolute atomic E-state index is 0.355. The van der Waals surface area contributed by atoms with Gasteiger partial charge in [-0.1, -0.05) is 18.2 Å². The Hall–Kier alpha value is -1.88. The molecule has 2 atom stereocenters. The van der Waals surface area contributed by atoms with Crippen molar-refractivity contribution in [3.8, 4) is 0 Å². The van der Waals surface area contributed by atoms with E-state index in [9.17, 15) is 14.7 Å². The number of fused-ring (bicyclic) bond motifs is 1. The van der Waals surface area contributed by atoms with Gasteiger partial charge in [-0.2, -0.15) is 0 Å². The molecule has 1 aliphatic heterocycles. The first-order valence-corrected chi connectivity index (χ1v) is 6.55. The molecule has 5 nitrogen and oxygen atoms in total.